The van der Waals surface area contributed by atoms with E-state index in [1.807, 2.05) is 19.9 Å². The minimum atomic E-state index is -0.325. The molecular weight excluding hydrogens is 236 g/mol. The largest absolute Gasteiger partial charge is 0.305 e. The summed E-state index contributed by atoms with van der Waals surface area (Å²) in [5, 5.41) is 3.14. The maximum absolute atomic E-state index is 11.9. The summed E-state index contributed by atoms with van der Waals surface area (Å²) in [6.45, 7) is 8.10. The Labute approximate surface area is 107 Å². The molecule has 2 amide bonds. The van der Waals surface area contributed by atoms with Gasteiger partial charge in [-0.3, -0.25) is 14.5 Å². The summed E-state index contributed by atoms with van der Waals surface area (Å²) in [4.78, 5) is 24.9. The van der Waals surface area contributed by atoms with Crippen LogP contribution in [0.5, 0.6) is 0 Å². The molecule has 1 atom stereocenters. The van der Waals surface area contributed by atoms with Crippen LogP contribution in [0.2, 0.25) is 0 Å². The molecule has 1 unspecified atom stereocenters. The van der Waals surface area contributed by atoms with Gasteiger partial charge in [0.15, 0.2) is 0 Å². The number of hydrogen-bond donors (Lipinski definition) is 1. The van der Waals surface area contributed by atoms with Gasteiger partial charge in [0.1, 0.15) is 0 Å². The standard InChI is InChI=1S/C12H20N2O2S/c1-4-6-17-7-5-13-10-8-11(15)14(9(2)3)12(10)16/h4,9-10,13H,1,5-8H2,2-3H3. The van der Waals surface area contributed by atoms with Crippen LogP contribution in [0.4, 0.5) is 0 Å². The molecular formula is C12H20N2O2S. The maximum Gasteiger partial charge on any atom is 0.247 e. The van der Waals surface area contributed by atoms with E-state index in [2.05, 4.69) is 11.9 Å². The molecule has 5 heteroatoms. The van der Waals surface area contributed by atoms with Crippen LogP contribution in [0.25, 0.3) is 0 Å². The molecule has 1 fully saturated rings. The lowest BCUT2D eigenvalue weighted by atomic mass is 10.2. The van der Waals surface area contributed by atoms with E-state index in [-0.39, 0.29) is 23.9 Å². The first kappa shape index (κ1) is 14.3. The SMILES string of the molecule is C=CCSCCNC1CC(=O)N(C(C)C)C1=O. The molecule has 1 aliphatic heterocycles. The molecule has 0 radical (unpaired) electrons. The summed E-state index contributed by atoms with van der Waals surface area (Å²) in [7, 11) is 0. The molecule has 0 aromatic rings. The number of carbonyl (C=O) groups excluding carboxylic acids is 2. The zero-order valence-corrected chi connectivity index (χ0v) is 11.3. The molecule has 96 valence electrons. The topological polar surface area (TPSA) is 49.4 Å². The summed E-state index contributed by atoms with van der Waals surface area (Å²) in [6, 6.07) is -0.369. The third-order valence-electron chi connectivity index (χ3n) is 2.57. The van der Waals surface area contributed by atoms with Crippen molar-refractivity contribution in [3.63, 3.8) is 0 Å². The van der Waals surface area contributed by atoms with Crippen molar-refractivity contribution in [3.05, 3.63) is 12.7 Å². The van der Waals surface area contributed by atoms with Gasteiger partial charge in [0.25, 0.3) is 0 Å². The number of amides is 2. The number of nitrogens with zero attached hydrogens (tertiary/aromatic N) is 1. The number of rotatable bonds is 7. The average molecular weight is 256 g/mol. The second-order valence-electron chi connectivity index (χ2n) is 4.27. The fourth-order valence-corrected chi connectivity index (χ4v) is 2.42. The van der Waals surface area contributed by atoms with Crippen molar-refractivity contribution >= 4 is 23.6 Å². The minimum Gasteiger partial charge on any atom is -0.305 e. The smallest absolute Gasteiger partial charge is 0.247 e. The van der Waals surface area contributed by atoms with Gasteiger partial charge < -0.3 is 5.32 Å². The summed E-state index contributed by atoms with van der Waals surface area (Å²) < 4.78 is 0. The van der Waals surface area contributed by atoms with Gasteiger partial charge in [-0.1, -0.05) is 6.08 Å². The number of likely N-dealkylation sites (tertiary alicyclic amines) is 1. The number of hydrogen-bond acceptors (Lipinski definition) is 4. The summed E-state index contributed by atoms with van der Waals surface area (Å²) in [6.07, 6.45) is 2.15. The highest BCUT2D eigenvalue weighted by atomic mass is 32.2. The summed E-state index contributed by atoms with van der Waals surface area (Å²) in [5.41, 5.74) is 0. The van der Waals surface area contributed by atoms with Crippen LogP contribution in [0.3, 0.4) is 0 Å². The van der Waals surface area contributed by atoms with Crippen molar-refractivity contribution in [2.24, 2.45) is 0 Å². The fourth-order valence-electron chi connectivity index (χ4n) is 1.83. The van der Waals surface area contributed by atoms with Gasteiger partial charge in [-0.15, -0.1) is 6.58 Å². The van der Waals surface area contributed by atoms with E-state index in [0.29, 0.717) is 6.42 Å². The second kappa shape index (κ2) is 6.81. The number of imide groups is 1. The number of thioether (sulfide) groups is 1. The van der Waals surface area contributed by atoms with E-state index in [0.717, 1.165) is 18.1 Å². The second-order valence-corrected chi connectivity index (χ2v) is 5.42. The predicted molar refractivity (Wildman–Crippen MR) is 70.9 cm³/mol. The molecule has 1 heterocycles. The molecule has 1 aliphatic rings. The Balaban J connectivity index is 2.34. The highest BCUT2D eigenvalue weighted by Gasteiger charge is 2.39. The predicted octanol–water partition coefficient (Wildman–Crippen LogP) is 1.03. The van der Waals surface area contributed by atoms with Gasteiger partial charge in [-0.25, -0.2) is 0 Å². The van der Waals surface area contributed by atoms with Crippen LogP contribution in [0, 0.1) is 0 Å². The molecule has 0 aromatic carbocycles. The van der Waals surface area contributed by atoms with E-state index >= 15 is 0 Å². The Hall–Kier alpha value is -0.810. The third-order valence-corrected chi connectivity index (χ3v) is 3.54. The van der Waals surface area contributed by atoms with Crippen molar-refractivity contribution < 1.29 is 9.59 Å². The Kier molecular flexibility index (Phi) is 5.71. The number of nitrogens with one attached hydrogen (secondary N) is 1. The van der Waals surface area contributed by atoms with Crippen molar-refractivity contribution in [2.75, 3.05) is 18.1 Å². The Morgan fingerprint density at radius 2 is 2.29 bits per heavy atom. The van der Waals surface area contributed by atoms with Crippen LogP contribution in [-0.2, 0) is 9.59 Å². The highest BCUT2D eigenvalue weighted by Crippen LogP contribution is 2.16. The normalized spacial score (nSPS) is 20.4. The van der Waals surface area contributed by atoms with E-state index in [4.69, 9.17) is 0 Å². The molecule has 0 saturated carbocycles. The number of carbonyl (C=O) groups is 2. The van der Waals surface area contributed by atoms with E-state index in [9.17, 15) is 9.59 Å². The third kappa shape index (κ3) is 3.85. The lowest BCUT2D eigenvalue weighted by molar-refractivity contribution is -0.140. The lowest BCUT2D eigenvalue weighted by Gasteiger charge is -2.19. The first-order chi connectivity index (χ1) is 8.07. The van der Waals surface area contributed by atoms with E-state index < -0.39 is 0 Å². The maximum atomic E-state index is 11.9. The molecule has 4 nitrogen and oxygen atoms in total. The van der Waals surface area contributed by atoms with Gasteiger partial charge in [0.05, 0.1) is 12.5 Å². The van der Waals surface area contributed by atoms with Crippen LogP contribution in [0.1, 0.15) is 20.3 Å². The first-order valence-electron chi connectivity index (χ1n) is 5.85. The molecule has 0 bridgehead atoms. The Morgan fingerprint density at radius 1 is 1.59 bits per heavy atom. The quantitative estimate of drug-likeness (QED) is 0.420. The molecule has 1 saturated heterocycles. The van der Waals surface area contributed by atoms with Gasteiger partial charge in [-0.05, 0) is 13.8 Å². The molecule has 17 heavy (non-hydrogen) atoms. The lowest BCUT2D eigenvalue weighted by Crippen LogP contribution is -2.42. The molecule has 0 aliphatic carbocycles. The molecule has 1 N–H and O–H groups in total. The molecule has 0 aromatic heterocycles. The van der Waals surface area contributed by atoms with Gasteiger partial charge in [0, 0.05) is 24.1 Å². The van der Waals surface area contributed by atoms with Gasteiger partial charge in [0.2, 0.25) is 11.8 Å². The zero-order valence-electron chi connectivity index (χ0n) is 10.4. The average Bonchev–Trinajstić information content (AvgIpc) is 2.53. The van der Waals surface area contributed by atoms with Crippen LogP contribution in [0.15, 0.2) is 12.7 Å². The van der Waals surface area contributed by atoms with Crippen molar-refractivity contribution in [1.29, 1.82) is 0 Å². The van der Waals surface area contributed by atoms with Gasteiger partial charge >= 0.3 is 0 Å². The zero-order chi connectivity index (χ0) is 12.8. The van der Waals surface area contributed by atoms with Crippen LogP contribution in [-0.4, -0.2) is 46.8 Å². The summed E-state index contributed by atoms with van der Waals surface area (Å²) in [5.74, 6) is 1.68. The Morgan fingerprint density at radius 3 is 2.82 bits per heavy atom. The fraction of sp³-hybridized carbons (Fsp3) is 0.667. The molecule has 0 spiro atoms. The summed E-state index contributed by atoms with van der Waals surface area (Å²) >= 11 is 1.76. The monoisotopic (exact) mass is 256 g/mol. The van der Waals surface area contributed by atoms with Gasteiger partial charge in [-0.2, -0.15) is 11.8 Å². The van der Waals surface area contributed by atoms with Crippen molar-refractivity contribution in [1.82, 2.24) is 10.2 Å². The van der Waals surface area contributed by atoms with E-state index in [1.54, 1.807) is 11.8 Å². The molecule has 1 rings (SSSR count). The first-order valence-corrected chi connectivity index (χ1v) is 7.01. The van der Waals surface area contributed by atoms with E-state index in [1.165, 1.54) is 4.90 Å². The minimum absolute atomic E-state index is 0.0445. The van der Waals surface area contributed by atoms with Crippen LogP contribution >= 0.6 is 11.8 Å². The Bertz CT molecular complexity index is 305. The van der Waals surface area contributed by atoms with Crippen LogP contribution < -0.4 is 5.32 Å². The van der Waals surface area contributed by atoms with Crippen molar-refractivity contribution in [2.45, 2.75) is 32.4 Å². The van der Waals surface area contributed by atoms with Crippen molar-refractivity contribution in [3.8, 4) is 0 Å². The highest BCUT2D eigenvalue weighted by molar-refractivity contribution is 7.99.